The van der Waals surface area contributed by atoms with Gasteiger partial charge in [-0.25, -0.2) is 9.07 Å². The molecule has 0 radical (unpaired) electrons. The average Bonchev–Trinajstić information content (AvgIpc) is 3.23. The number of carbonyl (C=O) groups excluding carboxylic acids is 1. The summed E-state index contributed by atoms with van der Waals surface area (Å²) in [5.41, 5.74) is 3.70. The van der Waals surface area contributed by atoms with Crippen molar-refractivity contribution in [3.8, 4) is 11.4 Å². The van der Waals surface area contributed by atoms with Crippen LogP contribution >= 0.6 is 0 Å². The summed E-state index contributed by atoms with van der Waals surface area (Å²) in [5.74, 6) is 0.126. The zero-order valence-corrected chi connectivity index (χ0v) is 18.1. The van der Waals surface area contributed by atoms with E-state index in [-0.39, 0.29) is 5.91 Å². The molecule has 1 aliphatic heterocycles. The normalized spacial score (nSPS) is 15.1. The number of carbonyl (C=O) groups is 1. The van der Waals surface area contributed by atoms with Crippen LogP contribution in [0.5, 0.6) is 0 Å². The monoisotopic (exact) mass is 440 g/mol. The first-order valence-electron chi connectivity index (χ1n) is 10.5. The van der Waals surface area contributed by atoms with E-state index in [2.05, 4.69) is 25.7 Å². The third kappa shape index (κ3) is 3.87. The summed E-state index contributed by atoms with van der Waals surface area (Å²) in [4.78, 5) is 22.1. The van der Waals surface area contributed by atoms with Crippen molar-refractivity contribution in [3.63, 3.8) is 0 Å². The van der Waals surface area contributed by atoms with Gasteiger partial charge in [0.15, 0.2) is 5.82 Å². The molecule has 0 aliphatic carbocycles. The second-order valence-corrected chi connectivity index (χ2v) is 7.86. The summed E-state index contributed by atoms with van der Waals surface area (Å²) < 4.78 is 16.6. The predicted molar refractivity (Wildman–Crippen MR) is 124 cm³/mol. The van der Waals surface area contributed by atoms with Crippen molar-refractivity contribution in [3.05, 3.63) is 101 Å². The van der Waals surface area contributed by atoms with Gasteiger partial charge in [0.1, 0.15) is 11.9 Å². The van der Waals surface area contributed by atoms with Gasteiger partial charge in [0, 0.05) is 23.0 Å². The first-order valence-corrected chi connectivity index (χ1v) is 10.5. The van der Waals surface area contributed by atoms with E-state index in [9.17, 15) is 9.18 Å². The van der Waals surface area contributed by atoms with E-state index in [1.807, 2.05) is 31.2 Å². The lowest BCUT2D eigenvalue weighted by Crippen LogP contribution is -2.32. The molecule has 164 valence electrons. The topological polar surface area (TPSA) is 84.7 Å². The number of amides is 1. The predicted octanol–water partition coefficient (Wildman–Crippen LogP) is 4.72. The molecule has 1 aliphatic rings. The summed E-state index contributed by atoms with van der Waals surface area (Å²) in [7, 11) is 0. The Balaban J connectivity index is 1.63. The molecule has 1 amide bonds. The Hall–Kier alpha value is -4.33. The number of allylic oxidation sites excluding steroid dienone is 1. The van der Waals surface area contributed by atoms with Gasteiger partial charge in [0.05, 0.1) is 17.5 Å². The Labute approximate surface area is 190 Å². The van der Waals surface area contributed by atoms with Gasteiger partial charge in [-0.1, -0.05) is 42.0 Å². The van der Waals surface area contributed by atoms with Crippen molar-refractivity contribution >= 4 is 17.5 Å². The maximum Gasteiger partial charge on any atom is 0.255 e. The molecule has 8 heteroatoms. The van der Waals surface area contributed by atoms with E-state index in [0.29, 0.717) is 34.3 Å². The molecule has 3 heterocycles. The van der Waals surface area contributed by atoms with Crippen molar-refractivity contribution < 1.29 is 9.18 Å². The van der Waals surface area contributed by atoms with Crippen LogP contribution in [-0.2, 0) is 4.79 Å². The number of pyridine rings is 1. The summed E-state index contributed by atoms with van der Waals surface area (Å²) in [5, 5.41) is 10.7. The van der Waals surface area contributed by atoms with Gasteiger partial charge in [-0.2, -0.15) is 4.98 Å². The molecular formula is C25H21FN6O. The van der Waals surface area contributed by atoms with Gasteiger partial charge in [-0.15, -0.1) is 5.10 Å². The fraction of sp³-hybridized carbons (Fsp3) is 0.120. The fourth-order valence-electron chi connectivity index (χ4n) is 3.97. The van der Waals surface area contributed by atoms with Crippen LogP contribution in [0.25, 0.3) is 11.4 Å². The number of rotatable bonds is 4. The number of nitrogens with zero attached hydrogens (tertiary/aromatic N) is 4. The molecule has 5 rings (SSSR count). The zero-order chi connectivity index (χ0) is 22.9. The largest absolute Gasteiger partial charge is 0.328 e. The van der Waals surface area contributed by atoms with Crippen molar-refractivity contribution in [2.24, 2.45) is 0 Å². The smallest absolute Gasteiger partial charge is 0.255 e. The SMILES string of the molecule is CC1=C(C(=O)Nc2cccnc2)C(c2ccccc2F)n2nc(-c3cccc(C)c3)nc2N1. The molecule has 2 aromatic heterocycles. The highest BCUT2D eigenvalue weighted by Crippen LogP contribution is 2.37. The minimum atomic E-state index is -0.801. The van der Waals surface area contributed by atoms with Gasteiger partial charge < -0.3 is 10.6 Å². The Morgan fingerprint density at radius 1 is 1.09 bits per heavy atom. The molecule has 2 N–H and O–H groups in total. The lowest BCUT2D eigenvalue weighted by atomic mass is 9.94. The maximum absolute atomic E-state index is 15.0. The molecule has 33 heavy (non-hydrogen) atoms. The van der Waals surface area contributed by atoms with E-state index in [1.54, 1.807) is 54.3 Å². The number of halogens is 1. The zero-order valence-electron chi connectivity index (χ0n) is 18.1. The Morgan fingerprint density at radius 2 is 1.94 bits per heavy atom. The number of nitrogens with one attached hydrogen (secondary N) is 2. The summed E-state index contributed by atoms with van der Waals surface area (Å²) >= 11 is 0. The minimum absolute atomic E-state index is 0.330. The Kier molecular flexibility index (Phi) is 5.18. The second-order valence-electron chi connectivity index (χ2n) is 7.86. The molecule has 0 saturated carbocycles. The molecule has 1 unspecified atom stereocenters. The summed E-state index contributed by atoms with van der Waals surface area (Å²) in [6, 6.07) is 16.9. The number of fused-ring (bicyclic) bond motifs is 1. The van der Waals surface area contributed by atoms with Crippen molar-refractivity contribution in [1.82, 2.24) is 19.7 Å². The first-order chi connectivity index (χ1) is 16.0. The molecule has 4 aromatic rings. The molecular weight excluding hydrogens is 419 g/mol. The van der Waals surface area contributed by atoms with Crippen LogP contribution in [0.15, 0.2) is 84.3 Å². The van der Waals surface area contributed by atoms with Crippen molar-refractivity contribution in [1.29, 1.82) is 0 Å². The third-order valence-electron chi connectivity index (χ3n) is 5.49. The number of benzene rings is 2. The van der Waals surface area contributed by atoms with Gasteiger partial charge in [0.25, 0.3) is 5.91 Å². The first kappa shape index (κ1) is 20.6. The lowest BCUT2D eigenvalue weighted by molar-refractivity contribution is -0.113. The van der Waals surface area contributed by atoms with Gasteiger partial charge in [0.2, 0.25) is 5.95 Å². The molecule has 0 bridgehead atoms. The Bertz CT molecular complexity index is 1380. The second kappa shape index (κ2) is 8.31. The molecule has 0 spiro atoms. The highest BCUT2D eigenvalue weighted by atomic mass is 19.1. The summed E-state index contributed by atoms with van der Waals surface area (Å²) in [6.45, 7) is 3.77. The highest BCUT2D eigenvalue weighted by Gasteiger charge is 2.35. The van der Waals surface area contributed by atoms with Crippen molar-refractivity contribution in [2.45, 2.75) is 19.9 Å². The quantitative estimate of drug-likeness (QED) is 0.480. The molecule has 1 atom stereocenters. The number of anilines is 2. The van der Waals surface area contributed by atoms with Crippen LogP contribution in [0.1, 0.15) is 24.1 Å². The Morgan fingerprint density at radius 3 is 2.70 bits per heavy atom. The van der Waals surface area contributed by atoms with Crippen LogP contribution in [0.3, 0.4) is 0 Å². The molecule has 0 saturated heterocycles. The standard InChI is InChI=1S/C25H21FN6O/c1-15-7-5-8-17(13-15)23-30-25-28-16(2)21(24(33)29-18-9-6-12-27-14-18)22(32(25)31-23)19-10-3-4-11-20(19)26/h3-14,22H,1-2H3,(H,29,33)(H,28,30,31). The van der Waals surface area contributed by atoms with Crippen LogP contribution in [-0.4, -0.2) is 25.7 Å². The van der Waals surface area contributed by atoms with Crippen LogP contribution in [0.4, 0.5) is 16.0 Å². The number of hydrogen-bond donors (Lipinski definition) is 2. The maximum atomic E-state index is 15.0. The van der Waals surface area contributed by atoms with Gasteiger partial charge >= 0.3 is 0 Å². The van der Waals surface area contributed by atoms with Crippen LogP contribution in [0, 0.1) is 12.7 Å². The van der Waals surface area contributed by atoms with E-state index in [4.69, 9.17) is 0 Å². The van der Waals surface area contributed by atoms with Crippen LogP contribution < -0.4 is 10.6 Å². The lowest BCUT2D eigenvalue weighted by Gasteiger charge is -2.28. The van der Waals surface area contributed by atoms with Gasteiger partial charge in [-0.3, -0.25) is 9.78 Å². The molecule has 2 aromatic carbocycles. The minimum Gasteiger partial charge on any atom is -0.328 e. The number of hydrogen-bond acceptors (Lipinski definition) is 5. The van der Waals surface area contributed by atoms with E-state index >= 15 is 0 Å². The third-order valence-corrected chi connectivity index (χ3v) is 5.49. The van der Waals surface area contributed by atoms with E-state index in [1.165, 1.54) is 6.07 Å². The number of aryl methyl sites for hydroxylation is 1. The molecule has 7 nitrogen and oxygen atoms in total. The molecule has 0 fully saturated rings. The highest BCUT2D eigenvalue weighted by molar-refractivity contribution is 6.05. The van der Waals surface area contributed by atoms with Crippen molar-refractivity contribution in [2.75, 3.05) is 10.6 Å². The van der Waals surface area contributed by atoms with E-state index in [0.717, 1.165) is 11.1 Å². The fourth-order valence-corrected chi connectivity index (χ4v) is 3.97. The summed E-state index contributed by atoms with van der Waals surface area (Å²) in [6.07, 6.45) is 3.18. The van der Waals surface area contributed by atoms with Crippen LogP contribution in [0.2, 0.25) is 0 Å². The van der Waals surface area contributed by atoms with E-state index < -0.39 is 11.9 Å². The van der Waals surface area contributed by atoms with Gasteiger partial charge in [-0.05, 0) is 38.1 Å². The number of aromatic nitrogens is 4. The average molecular weight is 440 g/mol.